The minimum absolute atomic E-state index is 0.146. The molecule has 1 aromatic heterocycles. The molecule has 1 aromatic rings. The summed E-state index contributed by atoms with van der Waals surface area (Å²) in [5.74, 6) is 2.45. The van der Waals surface area contributed by atoms with Gasteiger partial charge in [-0.2, -0.15) is 4.98 Å². The fourth-order valence-corrected chi connectivity index (χ4v) is 1.54. The third-order valence-electron chi connectivity index (χ3n) is 2.46. The zero-order valence-electron chi connectivity index (χ0n) is 13.5. The summed E-state index contributed by atoms with van der Waals surface area (Å²) in [5, 5.41) is 3.20. The second-order valence-electron chi connectivity index (χ2n) is 5.94. The molecule has 0 radical (unpaired) electrons. The Balaban J connectivity index is 2.64. The van der Waals surface area contributed by atoms with Crippen molar-refractivity contribution in [2.24, 2.45) is 0 Å². The standard InChI is InChI=1S/C15H27N3O2/c1-7-16-12-10-13(18-14(17-12)11(2)3)19-8-9-20-15(4,5)6/h10-11H,7-9H2,1-6H3,(H,16,17,18). The highest BCUT2D eigenvalue weighted by molar-refractivity contribution is 5.38. The summed E-state index contributed by atoms with van der Waals surface area (Å²) in [4.78, 5) is 8.88. The number of hydrogen-bond acceptors (Lipinski definition) is 5. The molecule has 0 aliphatic rings. The third-order valence-corrected chi connectivity index (χ3v) is 2.46. The number of hydrogen-bond donors (Lipinski definition) is 1. The first-order valence-electron chi connectivity index (χ1n) is 7.21. The Hall–Kier alpha value is -1.36. The molecule has 20 heavy (non-hydrogen) atoms. The van der Waals surface area contributed by atoms with Crippen LogP contribution in [-0.2, 0) is 4.74 Å². The molecule has 0 saturated heterocycles. The number of anilines is 1. The molecule has 0 fully saturated rings. The van der Waals surface area contributed by atoms with E-state index in [1.165, 1.54) is 0 Å². The van der Waals surface area contributed by atoms with Crippen LogP contribution in [0.3, 0.4) is 0 Å². The summed E-state index contributed by atoms with van der Waals surface area (Å²) in [5.41, 5.74) is -0.146. The molecule has 5 heteroatoms. The van der Waals surface area contributed by atoms with Crippen molar-refractivity contribution in [2.75, 3.05) is 25.1 Å². The molecule has 1 rings (SSSR count). The summed E-state index contributed by atoms with van der Waals surface area (Å²) < 4.78 is 11.3. The minimum atomic E-state index is -0.146. The molecule has 114 valence electrons. The molecular formula is C15H27N3O2. The van der Waals surface area contributed by atoms with Gasteiger partial charge in [-0.15, -0.1) is 0 Å². The van der Waals surface area contributed by atoms with Crippen LogP contribution in [0.5, 0.6) is 5.88 Å². The summed E-state index contributed by atoms with van der Waals surface area (Å²) in [6, 6.07) is 1.83. The van der Waals surface area contributed by atoms with E-state index < -0.39 is 0 Å². The molecule has 0 bridgehead atoms. The number of aromatic nitrogens is 2. The lowest BCUT2D eigenvalue weighted by atomic mass is 10.2. The Morgan fingerprint density at radius 1 is 1.20 bits per heavy atom. The molecule has 0 aliphatic heterocycles. The van der Waals surface area contributed by atoms with Crippen molar-refractivity contribution in [2.45, 2.75) is 53.1 Å². The van der Waals surface area contributed by atoms with Crippen LogP contribution in [-0.4, -0.2) is 35.3 Å². The van der Waals surface area contributed by atoms with Crippen LogP contribution in [0.25, 0.3) is 0 Å². The molecule has 0 aromatic carbocycles. The Bertz CT molecular complexity index is 414. The van der Waals surface area contributed by atoms with Gasteiger partial charge in [-0.3, -0.25) is 0 Å². The number of nitrogens with one attached hydrogen (secondary N) is 1. The summed E-state index contributed by atoms with van der Waals surface area (Å²) in [6.07, 6.45) is 0. The largest absolute Gasteiger partial charge is 0.475 e. The molecule has 0 unspecified atom stereocenters. The predicted octanol–water partition coefficient (Wildman–Crippen LogP) is 3.23. The Morgan fingerprint density at radius 3 is 2.45 bits per heavy atom. The van der Waals surface area contributed by atoms with Crippen LogP contribution in [0.4, 0.5) is 5.82 Å². The quantitative estimate of drug-likeness (QED) is 0.778. The van der Waals surface area contributed by atoms with Gasteiger partial charge in [0.1, 0.15) is 18.2 Å². The van der Waals surface area contributed by atoms with E-state index in [4.69, 9.17) is 9.47 Å². The Labute approximate surface area is 122 Å². The topological polar surface area (TPSA) is 56.3 Å². The molecule has 0 spiro atoms. The van der Waals surface area contributed by atoms with Gasteiger partial charge in [0, 0.05) is 18.5 Å². The van der Waals surface area contributed by atoms with Crippen molar-refractivity contribution in [3.63, 3.8) is 0 Å². The smallest absolute Gasteiger partial charge is 0.218 e. The number of ether oxygens (including phenoxy) is 2. The first-order chi connectivity index (χ1) is 9.31. The van der Waals surface area contributed by atoms with E-state index in [0.717, 1.165) is 18.2 Å². The highest BCUT2D eigenvalue weighted by atomic mass is 16.5. The Morgan fingerprint density at radius 2 is 1.90 bits per heavy atom. The molecule has 0 amide bonds. The second-order valence-corrected chi connectivity index (χ2v) is 5.94. The second kappa shape index (κ2) is 7.43. The van der Waals surface area contributed by atoms with E-state index in [2.05, 4.69) is 29.1 Å². The van der Waals surface area contributed by atoms with E-state index in [9.17, 15) is 0 Å². The maximum atomic E-state index is 5.66. The number of rotatable bonds is 7. The van der Waals surface area contributed by atoms with Crippen LogP contribution in [0.15, 0.2) is 6.07 Å². The zero-order chi connectivity index (χ0) is 15.2. The van der Waals surface area contributed by atoms with Gasteiger partial charge in [0.25, 0.3) is 0 Å². The van der Waals surface area contributed by atoms with Gasteiger partial charge in [0.2, 0.25) is 5.88 Å². The van der Waals surface area contributed by atoms with Gasteiger partial charge in [-0.1, -0.05) is 13.8 Å². The number of nitrogens with zero attached hydrogens (tertiary/aromatic N) is 2. The van der Waals surface area contributed by atoms with Gasteiger partial charge in [0.05, 0.1) is 12.2 Å². The van der Waals surface area contributed by atoms with Crippen LogP contribution in [0.2, 0.25) is 0 Å². The van der Waals surface area contributed by atoms with Crippen molar-refractivity contribution in [1.82, 2.24) is 9.97 Å². The minimum Gasteiger partial charge on any atom is -0.475 e. The molecule has 0 aliphatic carbocycles. The van der Waals surface area contributed by atoms with Crippen molar-refractivity contribution >= 4 is 5.82 Å². The lowest BCUT2D eigenvalue weighted by Crippen LogP contribution is -2.22. The van der Waals surface area contributed by atoms with E-state index in [1.54, 1.807) is 0 Å². The molecular weight excluding hydrogens is 254 g/mol. The molecule has 1 N–H and O–H groups in total. The first kappa shape index (κ1) is 16.7. The van der Waals surface area contributed by atoms with Gasteiger partial charge in [-0.25, -0.2) is 4.98 Å². The SMILES string of the molecule is CCNc1cc(OCCOC(C)(C)C)nc(C(C)C)n1. The highest BCUT2D eigenvalue weighted by Gasteiger charge is 2.11. The lowest BCUT2D eigenvalue weighted by molar-refractivity contribution is -0.0168. The fourth-order valence-electron chi connectivity index (χ4n) is 1.54. The molecule has 0 saturated carbocycles. The summed E-state index contributed by atoms with van der Waals surface area (Å²) >= 11 is 0. The van der Waals surface area contributed by atoms with E-state index in [1.807, 2.05) is 33.8 Å². The van der Waals surface area contributed by atoms with Crippen LogP contribution in [0.1, 0.15) is 53.3 Å². The average molecular weight is 281 g/mol. The zero-order valence-corrected chi connectivity index (χ0v) is 13.5. The maximum absolute atomic E-state index is 5.66. The normalized spacial score (nSPS) is 11.8. The van der Waals surface area contributed by atoms with E-state index >= 15 is 0 Å². The van der Waals surface area contributed by atoms with Crippen LogP contribution >= 0.6 is 0 Å². The molecule has 1 heterocycles. The average Bonchev–Trinajstić information content (AvgIpc) is 2.33. The first-order valence-corrected chi connectivity index (χ1v) is 7.21. The third kappa shape index (κ3) is 6.19. The molecule has 0 atom stereocenters. The highest BCUT2D eigenvalue weighted by Crippen LogP contribution is 2.18. The predicted molar refractivity (Wildman–Crippen MR) is 81.5 cm³/mol. The van der Waals surface area contributed by atoms with Gasteiger partial charge >= 0.3 is 0 Å². The lowest BCUT2D eigenvalue weighted by Gasteiger charge is -2.19. The van der Waals surface area contributed by atoms with Crippen molar-refractivity contribution in [1.29, 1.82) is 0 Å². The van der Waals surface area contributed by atoms with Crippen molar-refractivity contribution in [3.05, 3.63) is 11.9 Å². The van der Waals surface area contributed by atoms with Crippen molar-refractivity contribution in [3.8, 4) is 5.88 Å². The summed E-state index contributed by atoms with van der Waals surface area (Å²) in [6.45, 7) is 14.1. The Kier molecular flexibility index (Phi) is 6.20. The molecule has 5 nitrogen and oxygen atoms in total. The monoisotopic (exact) mass is 281 g/mol. The van der Waals surface area contributed by atoms with Crippen LogP contribution < -0.4 is 10.1 Å². The van der Waals surface area contributed by atoms with Crippen LogP contribution in [0, 0.1) is 0 Å². The fraction of sp³-hybridized carbons (Fsp3) is 0.733. The van der Waals surface area contributed by atoms with E-state index in [-0.39, 0.29) is 11.5 Å². The van der Waals surface area contributed by atoms with Gasteiger partial charge in [0.15, 0.2) is 0 Å². The van der Waals surface area contributed by atoms with Gasteiger partial charge < -0.3 is 14.8 Å². The van der Waals surface area contributed by atoms with Crippen molar-refractivity contribution < 1.29 is 9.47 Å². The maximum Gasteiger partial charge on any atom is 0.218 e. The van der Waals surface area contributed by atoms with Gasteiger partial charge in [-0.05, 0) is 27.7 Å². The van der Waals surface area contributed by atoms with E-state index in [0.29, 0.717) is 19.1 Å². The summed E-state index contributed by atoms with van der Waals surface area (Å²) in [7, 11) is 0.